The summed E-state index contributed by atoms with van der Waals surface area (Å²) in [6.07, 6.45) is -1.26. The van der Waals surface area contributed by atoms with E-state index in [0.29, 0.717) is 0 Å². The third-order valence-corrected chi connectivity index (χ3v) is 1.79. The van der Waals surface area contributed by atoms with Crippen molar-refractivity contribution in [3.05, 3.63) is 16.3 Å². The van der Waals surface area contributed by atoms with Crippen molar-refractivity contribution in [2.45, 2.75) is 6.43 Å². The van der Waals surface area contributed by atoms with Crippen LogP contribution in [0.1, 0.15) is 0 Å². The number of nitro groups is 1. The summed E-state index contributed by atoms with van der Waals surface area (Å²) in [5.41, 5.74) is -0.165. The van der Waals surface area contributed by atoms with Crippen LogP contribution < -0.4 is 5.32 Å². The maximum Gasteiger partial charge on any atom is 0.330 e. The van der Waals surface area contributed by atoms with E-state index < -0.39 is 18.0 Å². The van der Waals surface area contributed by atoms with Gasteiger partial charge < -0.3 is 10.1 Å². The van der Waals surface area contributed by atoms with Gasteiger partial charge in [0.1, 0.15) is 12.8 Å². The van der Waals surface area contributed by atoms with E-state index in [2.05, 4.69) is 15.2 Å². The number of rotatable bonds is 7. The van der Waals surface area contributed by atoms with Crippen LogP contribution in [-0.2, 0) is 11.8 Å². The van der Waals surface area contributed by atoms with Crippen LogP contribution in [0, 0.1) is 10.1 Å². The van der Waals surface area contributed by atoms with E-state index in [1.807, 2.05) is 0 Å². The molecule has 96 valence electrons. The van der Waals surface area contributed by atoms with Crippen LogP contribution in [-0.4, -0.2) is 40.9 Å². The number of nitrogens with one attached hydrogen (secondary N) is 1. The fraction of sp³-hybridized carbons (Fsp3) is 0.625. The van der Waals surface area contributed by atoms with Crippen molar-refractivity contribution >= 4 is 11.5 Å². The zero-order chi connectivity index (χ0) is 12.8. The molecule has 0 spiro atoms. The van der Waals surface area contributed by atoms with Gasteiger partial charge in [0, 0.05) is 13.6 Å². The van der Waals surface area contributed by atoms with Crippen LogP contribution in [0.5, 0.6) is 0 Å². The first kappa shape index (κ1) is 13.3. The Kier molecular flexibility index (Phi) is 4.76. The summed E-state index contributed by atoms with van der Waals surface area (Å²) >= 11 is 0. The Balaban J connectivity index is 2.38. The number of anilines is 1. The van der Waals surface area contributed by atoms with E-state index in [1.165, 1.54) is 10.9 Å². The van der Waals surface area contributed by atoms with Gasteiger partial charge in [-0.1, -0.05) is 0 Å². The van der Waals surface area contributed by atoms with E-state index >= 15 is 0 Å². The molecule has 0 amide bonds. The van der Waals surface area contributed by atoms with Crippen LogP contribution in [0.15, 0.2) is 6.20 Å². The number of nitrogens with zero attached hydrogens (tertiary/aromatic N) is 3. The number of alkyl halides is 2. The summed E-state index contributed by atoms with van der Waals surface area (Å²) in [4.78, 5) is 10.0. The monoisotopic (exact) mass is 250 g/mol. The molecule has 0 atom stereocenters. The highest BCUT2D eigenvalue weighted by atomic mass is 19.3. The molecule has 0 saturated heterocycles. The molecule has 7 nitrogen and oxygen atoms in total. The van der Waals surface area contributed by atoms with Crippen LogP contribution >= 0.6 is 0 Å². The average Bonchev–Trinajstić information content (AvgIpc) is 2.59. The molecule has 0 unspecified atom stereocenters. The van der Waals surface area contributed by atoms with E-state index in [1.54, 1.807) is 7.05 Å². The minimum Gasteiger partial charge on any atom is -0.374 e. The molecule has 0 fully saturated rings. The van der Waals surface area contributed by atoms with Crippen molar-refractivity contribution in [3.8, 4) is 0 Å². The average molecular weight is 250 g/mol. The zero-order valence-corrected chi connectivity index (χ0v) is 9.10. The molecular formula is C8H12F2N4O3. The molecule has 0 radical (unpaired) electrons. The normalized spacial score (nSPS) is 10.8. The molecule has 0 saturated carbocycles. The van der Waals surface area contributed by atoms with Crippen LogP contribution in [0.3, 0.4) is 0 Å². The van der Waals surface area contributed by atoms with Gasteiger partial charge in [0.25, 0.3) is 6.43 Å². The molecule has 1 N–H and O–H groups in total. The predicted molar refractivity (Wildman–Crippen MR) is 55.2 cm³/mol. The molecule has 1 aromatic rings. The fourth-order valence-corrected chi connectivity index (χ4v) is 1.15. The SMILES string of the molecule is Cn1cc([N+](=O)[O-])c(NCCOCC(F)F)n1. The van der Waals surface area contributed by atoms with Gasteiger partial charge in [0.15, 0.2) is 0 Å². The lowest BCUT2D eigenvalue weighted by Crippen LogP contribution is -2.14. The third-order valence-electron chi connectivity index (χ3n) is 1.79. The first-order chi connectivity index (χ1) is 8.00. The van der Waals surface area contributed by atoms with Gasteiger partial charge in [-0.15, -0.1) is 5.10 Å². The summed E-state index contributed by atoms with van der Waals surface area (Å²) in [6.45, 7) is -0.450. The van der Waals surface area contributed by atoms with E-state index in [0.717, 1.165) is 0 Å². The summed E-state index contributed by atoms with van der Waals surface area (Å²) in [6, 6.07) is 0. The molecule has 17 heavy (non-hydrogen) atoms. The lowest BCUT2D eigenvalue weighted by Gasteiger charge is -2.04. The van der Waals surface area contributed by atoms with Crippen molar-refractivity contribution in [2.75, 3.05) is 25.1 Å². The van der Waals surface area contributed by atoms with Crippen LogP contribution in [0.2, 0.25) is 0 Å². The van der Waals surface area contributed by atoms with Crippen molar-refractivity contribution in [1.82, 2.24) is 9.78 Å². The second-order valence-corrected chi connectivity index (χ2v) is 3.19. The molecular weight excluding hydrogens is 238 g/mol. The van der Waals surface area contributed by atoms with Gasteiger partial charge in [-0.25, -0.2) is 8.78 Å². The van der Waals surface area contributed by atoms with Gasteiger partial charge in [-0.05, 0) is 0 Å². The van der Waals surface area contributed by atoms with Gasteiger partial charge in [0.05, 0.1) is 11.5 Å². The largest absolute Gasteiger partial charge is 0.374 e. The Morgan fingerprint density at radius 3 is 3.00 bits per heavy atom. The minimum atomic E-state index is -2.51. The first-order valence-electron chi connectivity index (χ1n) is 4.78. The highest BCUT2D eigenvalue weighted by Crippen LogP contribution is 2.20. The second-order valence-electron chi connectivity index (χ2n) is 3.19. The van der Waals surface area contributed by atoms with E-state index in [9.17, 15) is 18.9 Å². The first-order valence-corrected chi connectivity index (χ1v) is 4.78. The molecule has 1 rings (SSSR count). The summed E-state index contributed by atoms with van der Waals surface area (Å²) < 4.78 is 29.3. The smallest absolute Gasteiger partial charge is 0.330 e. The maximum absolute atomic E-state index is 11.7. The van der Waals surface area contributed by atoms with E-state index in [4.69, 9.17) is 0 Å². The molecule has 0 aromatic carbocycles. The summed E-state index contributed by atoms with van der Waals surface area (Å²) in [7, 11) is 1.55. The van der Waals surface area contributed by atoms with E-state index in [-0.39, 0.29) is 24.7 Å². The van der Waals surface area contributed by atoms with Crippen molar-refractivity contribution in [3.63, 3.8) is 0 Å². The number of ether oxygens (including phenoxy) is 1. The summed E-state index contributed by atoms with van der Waals surface area (Å²) in [5, 5.41) is 17.1. The fourth-order valence-electron chi connectivity index (χ4n) is 1.15. The number of halogens is 2. The van der Waals surface area contributed by atoms with Crippen LogP contribution in [0.25, 0.3) is 0 Å². The highest BCUT2D eigenvalue weighted by molar-refractivity contribution is 5.54. The maximum atomic E-state index is 11.7. The standard InChI is InChI=1S/C8H12F2N4O3/c1-13-4-6(14(15)16)8(12-13)11-2-3-17-5-7(9)10/h4,7H,2-3,5H2,1H3,(H,11,12). The molecule has 0 aliphatic heterocycles. The quantitative estimate of drug-likeness (QED) is 0.444. The van der Waals surface area contributed by atoms with Crippen molar-refractivity contribution < 1.29 is 18.4 Å². The Hall–Kier alpha value is -1.77. The molecule has 9 heteroatoms. The topological polar surface area (TPSA) is 82.2 Å². The van der Waals surface area contributed by atoms with Gasteiger partial charge in [-0.3, -0.25) is 14.8 Å². The van der Waals surface area contributed by atoms with Gasteiger partial charge in [-0.2, -0.15) is 0 Å². The number of hydrogen-bond acceptors (Lipinski definition) is 5. The van der Waals surface area contributed by atoms with Crippen LogP contribution in [0.4, 0.5) is 20.3 Å². The number of hydrogen-bond donors (Lipinski definition) is 1. The predicted octanol–water partition coefficient (Wildman–Crippen LogP) is 1.02. The number of aryl methyl sites for hydroxylation is 1. The Morgan fingerprint density at radius 1 is 1.71 bits per heavy atom. The van der Waals surface area contributed by atoms with Crippen molar-refractivity contribution in [1.29, 1.82) is 0 Å². The van der Waals surface area contributed by atoms with Gasteiger partial charge >= 0.3 is 5.69 Å². The molecule has 1 aromatic heterocycles. The van der Waals surface area contributed by atoms with Gasteiger partial charge in [0.2, 0.25) is 5.82 Å². The highest BCUT2D eigenvalue weighted by Gasteiger charge is 2.17. The molecule has 1 heterocycles. The molecule has 0 aliphatic carbocycles. The lowest BCUT2D eigenvalue weighted by atomic mass is 10.5. The molecule has 0 aliphatic rings. The Bertz CT molecular complexity index is 383. The number of aromatic nitrogens is 2. The Morgan fingerprint density at radius 2 is 2.41 bits per heavy atom. The lowest BCUT2D eigenvalue weighted by molar-refractivity contribution is -0.384. The zero-order valence-electron chi connectivity index (χ0n) is 9.10. The third kappa shape index (κ3) is 4.31. The molecule has 0 bridgehead atoms. The summed E-state index contributed by atoms with van der Waals surface area (Å²) in [5.74, 6) is 0.0955. The van der Waals surface area contributed by atoms with Crippen molar-refractivity contribution in [2.24, 2.45) is 7.05 Å². The minimum absolute atomic E-state index is 0.0259. The second kappa shape index (κ2) is 6.09. The Labute approximate surface area is 95.5 Å².